The molecule has 0 aromatic heterocycles. The zero-order valence-electron chi connectivity index (χ0n) is 29.8. The maximum atomic E-state index is 11.9. The summed E-state index contributed by atoms with van der Waals surface area (Å²) in [5, 5.41) is 3.87. The van der Waals surface area contributed by atoms with Gasteiger partial charge in [-0.2, -0.15) is 0 Å². The molecule has 0 aliphatic heterocycles. The monoisotopic (exact) mass is 613 g/mol. The van der Waals surface area contributed by atoms with Crippen LogP contribution in [0.3, 0.4) is 0 Å². The molecule has 45 heavy (non-hydrogen) atoms. The number of hydrogen-bond donors (Lipinski definition) is 1. The van der Waals surface area contributed by atoms with E-state index in [0.29, 0.717) is 40.6 Å². The molecule has 1 unspecified atom stereocenters. The second-order valence-electron chi connectivity index (χ2n) is 17.6. The van der Waals surface area contributed by atoms with Crippen LogP contribution in [0.2, 0.25) is 0 Å². The second kappa shape index (κ2) is 11.6. The summed E-state index contributed by atoms with van der Waals surface area (Å²) in [7, 11) is 0. The highest BCUT2D eigenvalue weighted by atomic mass is 16.5. The van der Waals surface area contributed by atoms with Crippen LogP contribution in [0, 0.1) is 62.6 Å². The fourth-order valence-corrected chi connectivity index (χ4v) is 13.4. The molecule has 0 amide bonds. The highest BCUT2D eigenvalue weighted by Crippen LogP contribution is 2.78. The number of rotatable bonds is 8. The fraction of sp³-hybridized carbons (Fsp3) is 0.738. The Hall–Kier alpha value is -2.03. The van der Waals surface area contributed by atoms with Crippen LogP contribution in [0.4, 0.5) is 0 Å². The molecule has 1 aromatic rings. The van der Waals surface area contributed by atoms with Gasteiger partial charge in [0, 0.05) is 24.6 Å². The number of carbonyl (C=O) groups is 1. The van der Waals surface area contributed by atoms with Gasteiger partial charge in [0.05, 0.1) is 0 Å². The molecule has 248 valence electrons. The normalized spacial score (nSPS) is 45.3. The van der Waals surface area contributed by atoms with Crippen molar-refractivity contribution in [2.75, 3.05) is 6.61 Å². The Balaban J connectivity index is 1.35. The highest BCUT2D eigenvalue weighted by Gasteiger charge is 2.71. The summed E-state index contributed by atoms with van der Waals surface area (Å²) in [5.41, 5.74) is 5.25. The molecular formula is C42H63NO2. The van der Waals surface area contributed by atoms with Crippen LogP contribution in [-0.2, 0) is 16.1 Å². The van der Waals surface area contributed by atoms with Crippen LogP contribution in [-0.4, -0.2) is 12.6 Å². The maximum absolute atomic E-state index is 11.9. The van der Waals surface area contributed by atoms with E-state index in [1.807, 2.05) is 0 Å². The molecule has 5 aliphatic carbocycles. The molecule has 5 aliphatic rings. The van der Waals surface area contributed by atoms with Gasteiger partial charge in [-0.15, -0.1) is 0 Å². The van der Waals surface area contributed by atoms with E-state index in [1.54, 1.807) is 0 Å². The van der Waals surface area contributed by atoms with Gasteiger partial charge in [0.25, 0.3) is 0 Å². The van der Waals surface area contributed by atoms with E-state index >= 15 is 0 Å². The van der Waals surface area contributed by atoms with Crippen LogP contribution in [0.5, 0.6) is 0 Å². The molecule has 6 rings (SSSR count). The third-order valence-corrected chi connectivity index (χ3v) is 16.4. The first-order chi connectivity index (χ1) is 21.3. The largest absolute Gasteiger partial charge is 0.461 e. The van der Waals surface area contributed by atoms with Crippen LogP contribution in [0.25, 0.3) is 0 Å². The van der Waals surface area contributed by atoms with Gasteiger partial charge in [-0.3, -0.25) is 4.79 Å². The molecule has 3 heteroatoms. The number of hydrogen-bond acceptors (Lipinski definition) is 3. The van der Waals surface area contributed by atoms with E-state index in [9.17, 15) is 4.79 Å². The molecule has 11 atom stereocenters. The van der Waals surface area contributed by atoms with E-state index in [4.69, 9.17) is 11.3 Å². The van der Waals surface area contributed by atoms with Gasteiger partial charge in [-0.05, 0) is 133 Å². The lowest BCUT2D eigenvalue weighted by molar-refractivity contribution is -0.242. The number of ether oxygens (including phenoxy) is 1. The molecule has 0 heterocycles. The first-order valence-electron chi connectivity index (χ1n) is 18.5. The lowest BCUT2D eigenvalue weighted by Gasteiger charge is -2.73. The molecule has 0 bridgehead atoms. The average Bonchev–Trinajstić information content (AvgIpc) is 3.42. The van der Waals surface area contributed by atoms with Crippen molar-refractivity contribution >= 4 is 5.97 Å². The predicted octanol–water partition coefficient (Wildman–Crippen LogP) is 10.5. The Morgan fingerprint density at radius 1 is 0.889 bits per heavy atom. The minimum absolute atomic E-state index is 0.0636. The molecule has 0 saturated heterocycles. The summed E-state index contributed by atoms with van der Waals surface area (Å²) in [6.07, 6.45) is 14.3. The first-order valence-corrected chi connectivity index (χ1v) is 18.5. The number of allylic oxidation sites excluding steroid dienone is 1. The van der Waals surface area contributed by atoms with Gasteiger partial charge < -0.3 is 10.1 Å². The van der Waals surface area contributed by atoms with Crippen LogP contribution in [0.15, 0.2) is 54.8 Å². The highest BCUT2D eigenvalue weighted by molar-refractivity contribution is 5.66. The Morgan fingerprint density at radius 3 is 2.31 bits per heavy atom. The molecular weight excluding hydrogens is 550 g/mol. The Kier molecular flexibility index (Phi) is 8.47. The second-order valence-corrected chi connectivity index (χ2v) is 17.6. The number of esters is 1. The lowest BCUT2D eigenvalue weighted by Crippen LogP contribution is -2.66. The van der Waals surface area contributed by atoms with Gasteiger partial charge >= 0.3 is 5.97 Å². The SMILES string of the molecule is C=C(COC(C)=O)[C@@H]1CC[C@]2(C(=C)NCc3ccccc3)CC[C@]3(C)C(CC[C@@H]4[C@@]5(C)CC[C@H](C)[C@@](C)(CC)[C@@H]5CC[C@]43C)[C@@H]12. The minimum atomic E-state index is -0.207. The van der Waals surface area contributed by atoms with Crippen molar-refractivity contribution in [2.45, 2.75) is 126 Å². The van der Waals surface area contributed by atoms with Gasteiger partial charge in [-0.1, -0.05) is 91.5 Å². The van der Waals surface area contributed by atoms with Crippen molar-refractivity contribution in [3.63, 3.8) is 0 Å². The van der Waals surface area contributed by atoms with E-state index in [2.05, 4.69) is 83.8 Å². The van der Waals surface area contributed by atoms with Crippen molar-refractivity contribution in [1.29, 1.82) is 0 Å². The third kappa shape index (κ3) is 4.82. The Morgan fingerprint density at radius 2 is 1.62 bits per heavy atom. The summed E-state index contributed by atoms with van der Waals surface area (Å²) in [4.78, 5) is 11.9. The molecule has 0 radical (unpaired) electrons. The minimum Gasteiger partial charge on any atom is -0.461 e. The number of benzene rings is 1. The third-order valence-electron chi connectivity index (χ3n) is 16.4. The van der Waals surface area contributed by atoms with Crippen molar-refractivity contribution in [3.05, 3.63) is 60.3 Å². The Bertz CT molecular complexity index is 1300. The van der Waals surface area contributed by atoms with Crippen molar-refractivity contribution in [3.8, 4) is 0 Å². The fourth-order valence-electron chi connectivity index (χ4n) is 13.4. The first kappa shape index (κ1) is 32.9. The van der Waals surface area contributed by atoms with Crippen LogP contribution < -0.4 is 5.32 Å². The van der Waals surface area contributed by atoms with Crippen molar-refractivity contribution < 1.29 is 9.53 Å². The smallest absolute Gasteiger partial charge is 0.302 e. The summed E-state index contributed by atoms with van der Waals surface area (Å²) in [5.74, 6) is 3.74. The standard InChI is InChI=1S/C42H63NO2/c1-10-38(6)29(3)18-21-39(7)35(38)20-22-41(9)36(39)17-16-34-37-33(28(2)27-45-31(5)44)19-23-42(37,25-24-40(34,41)8)30(4)43-26-32-14-12-11-13-15-32/h11-15,29,33-37,43H,2,4,10,16-27H2,1,3,5-9H3/t29-,33-,34?,35-,36+,37+,38+,39-,40+,41+,42+/m0/s1. The average molecular weight is 614 g/mol. The molecule has 1 aromatic carbocycles. The van der Waals surface area contributed by atoms with Gasteiger partial charge in [0.2, 0.25) is 0 Å². The van der Waals surface area contributed by atoms with E-state index < -0.39 is 0 Å². The molecule has 3 nitrogen and oxygen atoms in total. The quantitative estimate of drug-likeness (QED) is 0.234. The van der Waals surface area contributed by atoms with Crippen molar-refractivity contribution in [2.24, 2.45) is 62.6 Å². The zero-order valence-corrected chi connectivity index (χ0v) is 29.8. The van der Waals surface area contributed by atoms with Crippen LogP contribution >= 0.6 is 0 Å². The maximum Gasteiger partial charge on any atom is 0.302 e. The van der Waals surface area contributed by atoms with Gasteiger partial charge in [0.1, 0.15) is 6.61 Å². The predicted molar refractivity (Wildman–Crippen MR) is 186 cm³/mol. The summed E-state index contributed by atoms with van der Waals surface area (Å²) < 4.78 is 5.60. The number of nitrogens with one attached hydrogen (secondary N) is 1. The van der Waals surface area contributed by atoms with E-state index in [-0.39, 0.29) is 16.8 Å². The van der Waals surface area contributed by atoms with E-state index in [0.717, 1.165) is 42.7 Å². The van der Waals surface area contributed by atoms with Crippen LogP contribution in [0.1, 0.15) is 125 Å². The lowest BCUT2D eigenvalue weighted by atomic mass is 9.31. The topological polar surface area (TPSA) is 38.3 Å². The zero-order chi connectivity index (χ0) is 32.4. The van der Waals surface area contributed by atoms with Gasteiger partial charge in [-0.25, -0.2) is 0 Å². The van der Waals surface area contributed by atoms with Gasteiger partial charge in [0.15, 0.2) is 0 Å². The number of carbonyl (C=O) groups excluding carboxylic acids is 1. The Labute approximate surface area is 275 Å². The molecule has 1 N–H and O–H groups in total. The van der Waals surface area contributed by atoms with Crippen molar-refractivity contribution in [1.82, 2.24) is 5.32 Å². The molecule has 5 saturated carbocycles. The molecule has 5 fully saturated rings. The molecule has 0 spiro atoms. The summed E-state index contributed by atoms with van der Waals surface area (Å²) >= 11 is 0. The summed E-state index contributed by atoms with van der Waals surface area (Å²) in [6.45, 7) is 28.0. The number of fused-ring (bicyclic) bond motifs is 7. The van der Waals surface area contributed by atoms with E-state index in [1.165, 1.54) is 76.0 Å². The summed E-state index contributed by atoms with van der Waals surface area (Å²) in [6, 6.07) is 10.8.